The first-order chi connectivity index (χ1) is 7.47. The average Bonchev–Trinajstić information content (AvgIpc) is 2.69. The molecule has 1 aliphatic rings. The van der Waals surface area contributed by atoms with Crippen LogP contribution < -0.4 is 5.32 Å². The van der Waals surface area contributed by atoms with Gasteiger partial charge in [-0.3, -0.25) is 4.79 Å². The van der Waals surface area contributed by atoms with Crippen LogP contribution in [0.15, 0.2) is 11.6 Å². The molecule has 2 N–H and O–H groups in total. The van der Waals surface area contributed by atoms with Crippen LogP contribution in [0.3, 0.4) is 0 Å². The Kier molecular flexibility index (Phi) is 4.08. The summed E-state index contributed by atoms with van der Waals surface area (Å²) in [5.74, 6) is -0.535. The molecule has 0 spiro atoms. The van der Waals surface area contributed by atoms with E-state index in [4.69, 9.17) is 10.4 Å². The molecule has 4 heteroatoms. The first-order valence-electron chi connectivity index (χ1n) is 5.50. The van der Waals surface area contributed by atoms with Crippen LogP contribution in [0.1, 0.15) is 26.7 Å². The summed E-state index contributed by atoms with van der Waals surface area (Å²) in [5, 5.41) is 21.1. The zero-order valence-electron chi connectivity index (χ0n) is 9.79. The van der Waals surface area contributed by atoms with Crippen molar-refractivity contribution >= 4 is 5.97 Å². The van der Waals surface area contributed by atoms with Crippen molar-refractivity contribution in [2.75, 3.05) is 13.1 Å². The summed E-state index contributed by atoms with van der Waals surface area (Å²) in [6.07, 6.45) is 3.06. The maximum atomic E-state index is 11.0. The van der Waals surface area contributed by atoms with Gasteiger partial charge in [-0.1, -0.05) is 11.6 Å². The summed E-state index contributed by atoms with van der Waals surface area (Å²) < 4.78 is 0. The number of hydrogen-bond donors (Lipinski definition) is 2. The van der Waals surface area contributed by atoms with Crippen molar-refractivity contribution < 1.29 is 9.90 Å². The molecule has 16 heavy (non-hydrogen) atoms. The fourth-order valence-corrected chi connectivity index (χ4v) is 1.90. The topological polar surface area (TPSA) is 73.1 Å². The summed E-state index contributed by atoms with van der Waals surface area (Å²) in [5.41, 5.74) is 0.0642. The van der Waals surface area contributed by atoms with E-state index in [9.17, 15) is 4.79 Å². The standard InChI is InChI=1S/C12H18N2O2/c1-12(2,11(15)16)7-9(3-5-13)10-4-6-14-8-10/h7,10,14H,3-4,6,8H2,1-2H3,(H,15,16)/b9-7+. The maximum Gasteiger partial charge on any atom is 0.312 e. The van der Waals surface area contributed by atoms with Gasteiger partial charge in [0.1, 0.15) is 0 Å². The summed E-state index contributed by atoms with van der Waals surface area (Å²) in [4.78, 5) is 11.0. The van der Waals surface area contributed by atoms with Crippen LogP contribution in [0.2, 0.25) is 0 Å². The Balaban J connectivity index is 2.88. The molecular weight excluding hydrogens is 204 g/mol. The molecule has 0 aromatic rings. The maximum absolute atomic E-state index is 11.0. The van der Waals surface area contributed by atoms with E-state index in [0.29, 0.717) is 12.3 Å². The van der Waals surface area contributed by atoms with Crippen molar-refractivity contribution in [3.8, 4) is 6.07 Å². The van der Waals surface area contributed by atoms with Crippen LogP contribution in [-0.4, -0.2) is 24.2 Å². The van der Waals surface area contributed by atoms with Gasteiger partial charge < -0.3 is 10.4 Å². The van der Waals surface area contributed by atoms with E-state index < -0.39 is 11.4 Å². The second-order valence-corrected chi connectivity index (χ2v) is 4.77. The molecule has 0 aromatic heterocycles. The Labute approximate surface area is 96.0 Å². The van der Waals surface area contributed by atoms with E-state index in [1.54, 1.807) is 19.9 Å². The minimum atomic E-state index is -0.894. The van der Waals surface area contributed by atoms with Crippen molar-refractivity contribution in [3.05, 3.63) is 11.6 Å². The van der Waals surface area contributed by atoms with Gasteiger partial charge in [0.15, 0.2) is 0 Å². The fourth-order valence-electron chi connectivity index (χ4n) is 1.90. The molecule has 0 saturated carbocycles. The first kappa shape index (κ1) is 12.7. The highest BCUT2D eigenvalue weighted by atomic mass is 16.4. The third kappa shape index (κ3) is 3.07. The Hall–Kier alpha value is -1.34. The molecule has 0 aliphatic carbocycles. The third-order valence-electron chi connectivity index (χ3n) is 2.97. The molecule has 1 saturated heterocycles. The molecule has 1 rings (SSSR count). The molecule has 1 unspecified atom stereocenters. The number of carboxylic acid groups (broad SMARTS) is 1. The largest absolute Gasteiger partial charge is 0.481 e. The quantitative estimate of drug-likeness (QED) is 0.708. The van der Waals surface area contributed by atoms with E-state index in [1.807, 2.05) is 0 Å². The molecule has 1 fully saturated rings. The Morgan fingerprint density at radius 2 is 2.38 bits per heavy atom. The number of carbonyl (C=O) groups is 1. The van der Waals surface area contributed by atoms with Gasteiger partial charge in [-0.2, -0.15) is 5.26 Å². The van der Waals surface area contributed by atoms with Crippen LogP contribution in [-0.2, 0) is 4.79 Å². The van der Waals surface area contributed by atoms with Crippen LogP contribution in [0.5, 0.6) is 0 Å². The van der Waals surface area contributed by atoms with Gasteiger partial charge in [0, 0.05) is 6.54 Å². The van der Waals surface area contributed by atoms with Crippen molar-refractivity contribution in [1.29, 1.82) is 5.26 Å². The number of nitriles is 1. The van der Waals surface area contributed by atoms with Gasteiger partial charge in [-0.15, -0.1) is 0 Å². The molecule has 1 aliphatic heterocycles. The third-order valence-corrected chi connectivity index (χ3v) is 2.97. The van der Waals surface area contributed by atoms with Crippen molar-refractivity contribution in [3.63, 3.8) is 0 Å². The second kappa shape index (κ2) is 5.13. The molecular formula is C12H18N2O2. The van der Waals surface area contributed by atoms with Crippen LogP contribution in [0.4, 0.5) is 0 Å². The molecule has 1 heterocycles. The lowest BCUT2D eigenvalue weighted by atomic mass is 9.85. The number of hydrogen-bond acceptors (Lipinski definition) is 3. The van der Waals surface area contributed by atoms with E-state index in [-0.39, 0.29) is 0 Å². The van der Waals surface area contributed by atoms with Gasteiger partial charge in [0.05, 0.1) is 17.9 Å². The zero-order valence-corrected chi connectivity index (χ0v) is 9.79. The lowest BCUT2D eigenvalue weighted by Crippen LogP contribution is -2.23. The lowest BCUT2D eigenvalue weighted by Gasteiger charge is -2.19. The van der Waals surface area contributed by atoms with Crippen LogP contribution in [0, 0.1) is 22.7 Å². The number of rotatable bonds is 4. The second-order valence-electron chi connectivity index (χ2n) is 4.77. The number of carboxylic acids is 1. The summed E-state index contributed by atoms with van der Waals surface area (Å²) in [7, 11) is 0. The average molecular weight is 222 g/mol. The predicted octanol–water partition coefficient (Wildman–Crippen LogP) is 1.55. The molecule has 1 atom stereocenters. The van der Waals surface area contributed by atoms with E-state index in [0.717, 1.165) is 25.1 Å². The minimum absolute atomic E-state index is 0.318. The summed E-state index contributed by atoms with van der Waals surface area (Å²) in [6, 6.07) is 2.12. The van der Waals surface area contributed by atoms with E-state index >= 15 is 0 Å². The molecule has 0 amide bonds. The highest BCUT2D eigenvalue weighted by molar-refractivity contribution is 5.76. The van der Waals surface area contributed by atoms with Gasteiger partial charge in [-0.25, -0.2) is 0 Å². The molecule has 0 bridgehead atoms. The van der Waals surface area contributed by atoms with Gasteiger partial charge >= 0.3 is 5.97 Å². The highest BCUT2D eigenvalue weighted by Gasteiger charge is 2.28. The molecule has 0 radical (unpaired) electrons. The SMILES string of the molecule is CC(C)(/C=C(\CC#N)C1CCNC1)C(=O)O. The smallest absolute Gasteiger partial charge is 0.312 e. The van der Waals surface area contributed by atoms with Gasteiger partial charge in [-0.05, 0) is 32.7 Å². The van der Waals surface area contributed by atoms with Crippen molar-refractivity contribution in [1.82, 2.24) is 5.32 Å². The van der Waals surface area contributed by atoms with E-state index in [2.05, 4.69) is 11.4 Å². The summed E-state index contributed by atoms with van der Waals surface area (Å²) >= 11 is 0. The lowest BCUT2D eigenvalue weighted by molar-refractivity contribution is -0.144. The van der Waals surface area contributed by atoms with Crippen LogP contribution in [0.25, 0.3) is 0 Å². The number of nitrogens with one attached hydrogen (secondary N) is 1. The molecule has 88 valence electrons. The monoisotopic (exact) mass is 222 g/mol. The van der Waals surface area contributed by atoms with Gasteiger partial charge in [0.25, 0.3) is 0 Å². The predicted molar refractivity (Wildman–Crippen MR) is 60.7 cm³/mol. The zero-order chi connectivity index (χ0) is 12.2. The Bertz CT molecular complexity index is 333. The normalized spacial score (nSPS) is 21.8. The number of aliphatic carboxylic acids is 1. The first-order valence-corrected chi connectivity index (χ1v) is 5.50. The highest BCUT2D eigenvalue weighted by Crippen LogP contribution is 2.27. The van der Waals surface area contributed by atoms with Crippen molar-refractivity contribution in [2.24, 2.45) is 11.3 Å². The fraction of sp³-hybridized carbons (Fsp3) is 0.667. The Morgan fingerprint density at radius 3 is 2.81 bits per heavy atom. The van der Waals surface area contributed by atoms with Gasteiger partial charge in [0.2, 0.25) is 0 Å². The molecule has 0 aromatic carbocycles. The number of nitrogens with zero attached hydrogens (tertiary/aromatic N) is 1. The summed E-state index contributed by atoms with van der Waals surface area (Å²) in [6.45, 7) is 5.12. The van der Waals surface area contributed by atoms with E-state index in [1.165, 1.54) is 0 Å². The van der Waals surface area contributed by atoms with Crippen molar-refractivity contribution in [2.45, 2.75) is 26.7 Å². The Morgan fingerprint density at radius 1 is 1.69 bits per heavy atom. The minimum Gasteiger partial charge on any atom is -0.481 e. The van der Waals surface area contributed by atoms with Crippen LogP contribution >= 0.6 is 0 Å². The molecule has 4 nitrogen and oxygen atoms in total.